The van der Waals surface area contributed by atoms with Crippen molar-refractivity contribution >= 4 is 33.2 Å². The van der Waals surface area contributed by atoms with Gasteiger partial charge in [-0.1, -0.05) is 36.4 Å². The summed E-state index contributed by atoms with van der Waals surface area (Å²) in [5.41, 5.74) is 2.16. The summed E-state index contributed by atoms with van der Waals surface area (Å²) in [5.74, 6) is -0.778. The summed E-state index contributed by atoms with van der Waals surface area (Å²) >= 11 is 1.02. The van der Waals surface area contributed by atoms with Crippen molar-refractivity contribution in [2.24, 2.45) is 0 Å². The maximum atomic E-state index is 13.0. The first-order chi connectivity index (χ1) is 14.3. The average Bonchev–Trinajstić information content (AvgIpc) is 3.16. The molecule has 1 N–H and O–H groups in total. The Morgan fingerprint density at radius 1 is 1.27 bits per heavy atom. The minimum absolute atomic E-state index is 0.0627. The van der Waals surface area contributed by atoms with Gasteiger partial charge in [-0.25, -0.2) is 17.9 Å². The van der Waals surface area contributed by atoms with Crippen LogP contribution in [-0.4, -0.2) is 38.8 Å². The van der Waals surface area contributed by atoms with Crippen LogP contribution in [-0.2, 0) is 39.1 Å². The van der Waals surface area contributed by atoms with E-state index in [1.165, 1.54) is 7.11 Å². The Bertz CT molecular complexity index is 1090. The van der Waals surface area contributed by atoms with E-state index in [0.29, 0.717) is 29.0 Å². The molecule has 30 heavy (non-hydrogen) atoms. The highest BCUT2D eigenvalue weighted by Gasteiger charge is 2.35. The van der Waals surface area contributed by atoms with Crippen LogP contribution in [0.3, 0.4) is 0 Å². The molecule has 0 atom stereocenters. The van der Waals surface area contributed by atoms with Crippen molar-refractivity contribution in [1.29, 1.82) is 0 Å². The molecule has 0 saturated heterocycles. The third-order valence-electron chi connectivity index (χ3n) is 5.02. The lowest BCUT2D eigenvalue weighted by atomic mass is 10.0. The molecule has 0 fully saturated rings. The molecular formula is C21H24N2O5S2. The Morgan fingerprint density at radius 2 is 1.97 bits per heavy atom. The van der Waals surface area contributed by atoms with Crippen LogP contribution in [0.5, 0.6) is 0 Å². The number of amides is 1. The molecule has 3 rings (SSSR count). The van der Waals surface area contributed by atoms with Crippen molar-refractivity contribution in [3.8, 4) is 0 Å². The molecule has 2 aromatic rings. The zero-order valence-electron chi connectivity index (χ0n) is 17.1. The molecule has 2 heterocycles. The minimum Gasteiger partial charge on any atom is -0.465 e. The standard InChI is InChI=1S/C21H24N2O5S2/c1-4-14(2)19(24)23-11-10-16-17(13-23)29-21(18(16)20(25)28-3)30(26,27)22-12-15-8-6-5-7-9-15/h4-9,22H,10-13H2,1-3H3/b14-4+. The van der Waals surface area contributed by atoms with Gasteiger partial charge in [0.25, 0.3) is 10.0 Å². The lowest BCUT2D eigenvalue weighted by molar-refractivity contribution is -0.127. The van der Waals surface area contributed by atoms with Crippen LogP contribution in [0.2, 0.25) is 0 Å². The molecule has 1 aliphatic heterocycles. The van der Waals surface area contributed by atoms with Gasteiger partial charge in [0.15, 0.2) is 0 Å². The number of thiophene rings is 1. The van der Waals surface area contributed by atoms with Gasteiger partial charge in [-0.3, -0.25) is 4.79 Å². The molecule has 1 amide bonds. The van der Waals surface area contributed by atoms with E-state index in [9.17, 15) is 18.0 Å². The second-order valence-electron chi connectivity index (χ2n) is 6.92. The molecule has 0 spiro atoms. The first kappa shape index (κ1) is 22.2. The van der Waals surface area contributed by atoms with Gasteiger partial charge in [-0.15, -0.1) is 11.3 Å². The molecule has 1 aromatic heterocycles. The predicted octanol–water partition coefficient (Wildman–Crippen LogP) is 2.86. The summed E-state index contributed by atoms with van der Waals surface area (Å²) in [6, 6.07) is 9.13. The Labute approximate surface area is 180 Å². The van der Waals surface area contributed by atoms with Crippen molar-refractivity contribution in [3.05, 3.63) is 63.5 Å². The van der Waals surface area contributed by atoms with Gasteiger partial charge >= 0.3 is 5.97 Å². The monoisotopic (exact) mass is 448 g/mol. The van der Waals surface area contributed by atoms with Gasteiger partial charge in [0.05, 0.1) is 19.2 Å². The number of fused-ring (bicyclic) bond motifs is 1. The van der Waals surface area contributed by atoms with Crippen LogP contribution in [0.4, 0.5) is 0 Å². The van der Waals surface area contributed by atoms with Gasteiger partial charge in [-0.2, -0.15) is 0 Å². The molecule has 1 aromatic carbocycles. The zero-order valence-corrected chi connectivity index (χ0v) is 18.7. The summed E-state index contributed by atoms with van der Waals surface area (Å²) in [5, 5.41) is 0. The number of hydrogen-bond acceptors (Lipinski definition) is 6. The molecule has 1 aliphatic rings. The summed E-state index contributed by atoms with van der Waals surface area (Å²) in [6.07, 6.45) is 2.14. The van der Waals surface area contributed by atoms with Crippen molar-refractivity contribution in [2.75, 3.05) is 13.7 Å². The molecule has 0 saturated carbocycles. The number of esters is 1. The summed E-state index contributed by atoms with van der Waals surface area (Å²) < 4.78 is 33.5. The molecule has 0 aliphatic carbocycles. The minimum atomic E-state index is -3.94. The largest absolute Gasteiger partial charge is 0.465 e. The third-order valence-corrected chi connectivity index (χ3v) is 8.16. The average molecular weight is 449 g/mol. The Hall–Kier alpha value is -2.49. The molecular weight excluding hydrogens is 424 g/mol. The van der Waals surface area contributed by atoms with E-state index < -0.39 is 16.0 Å². The van der Waals surface area contributed by atoms with E-state index in [1.54, 1.807) is 24.8 Å². The normalized spacial score (nSPS) is 14.4. The van der Waals surface area contributed by atoms with Gasteiger partial charge in [0.1, 0.15) is 4.21 Å². The van der Waals surface area contributed by atoms with Crippen LogP contribution in [0, 0.1) is 0 Å². The second-order valence-corrected chi connectivity index (χ2v) is 9.98. The number of sulfonamides is 1. The number of carbonyl (C=O) groups excluding carboxylic acids is 2. The highest BCUT2D eigenvalue weighted by atomic mass is 32.2. The fourth-order valence-electron chi connectivity index (χ4n) is 3.26. The van der Waals surface area contributed by atoms with Crippen LogP contribution in [0.1, 0.15) is 40.2 Å². The quantitative estimate of drug-likeness (QED) is 0.542. The smallest absolute Gasteiger partial charge is 0.340 e. The first-order valence-electron chi connectivity index (χ1n) is 9.47. The van der Waals surface area contributed by atoms with Crippen molar-refractivity contribution in [3.63, 3.8) is 0 Å². The number of hydrogen-bond donors (Lipinski definition) is 1. The van der Waals surface area contributed by atoms with Crippen LogP contribution < -0.4 is 4.72 Å². The Kier molecular flexibility index (Phi) is 6.74. The van der Waals surface area contributed by atoms with Gasteiger partial charge in [-0.05, 0) is 31.4 Å². The Morgan fingerprint density at radius 3 is 2.60 bits per heavy atom. The highest BCUT2D eigenvalue weighted by Crippen LogP contribution is 2.37. The van der Waals surface area contributed by atoms with E-state index in [4.69, 9.17) is 4.74 Å². The number of rotatable bonds is 6. The maximum Gasteiger partial charge on any atom is 0.340 e. The second kappa shape index (κ2) is 9.11. The lowest BCUT2D eigenvalue weighted by Crippen LogP contribution is -2.36. The van der Waals surface area contributed by atoms with Crippen molar-refractivity contribution < 1.29 is 22.7 Å². The van der Waals surface area contributed by atoms with Gasteiger partial charge < -0.3 is 9.64 Å². The van der Waals surface area contributed by atoms with Crippen molar-refractivity contribution in [2.45, 2.75) is 37.6 Å². The van der Waals surface area contributed by atoms with E-state index in [1.807, 2.05) is 30.3 Å². The number of ether oxygens (including phenoxy) is 1. The van der Waals surface area contributed by atoms with E-state index >= 15 is 0 Å². The van der Waals surface area contributed by atoms with E-state index in [0.717, 1.165) is 16.9 Å². The van der Waals surface area contributed by atoms with Crippen LogP contribution >= 0.6 is 11.3 Å². The molecule has 160 valence electrons. The molecule has 7 nitrogen and oxygen atoms in total. The number of nitrogens with one attached hydrogen (secondary N) is 1. The molecule has 0 bridgehead atoms. The fraction of sp³-hybridized carbons (Fsp3) is 0.333. The lowest BCUT2D eigenvalue weighted by Gasteiger charge is -2.27. The number of allylic oxidation sites excluding steroid dienone is 1. The number of benzene rings is 1. The van der Waals surface area contributed by atoms with E-state index in [-0.39, 0.29) is 28.8 Å². The van der Waals surface area contributed by atoms with Crippen LogP contribution in [0.25, 0.3) is 0 Å². The maximum absolute atomic E-state index is 13.0. The zero-order chi connectivity index (χ0) is 21.9. The SMILES string of the molecule is C/C=C(\C)C(=O)N1CCc2c(sc(S(=O)(=O)NCc3ccccc3)c2C(=O)OC)C1. The fourth-order valence-corrected chi connectivity index (χ4v) is 6.22. The first-order valence-corrected chi connectivity index (χ1v) is 11.8. The van der Waals surface area contributed by atoms with Crippen molar-refractivity contribution in [1.82, 2.24) is 9.62 Å². The van der Waals surface area contributed by atoms with Gasteiger partial charge in [0, 0.05) is 23.5 Å². The third kappa shape index (κ3) is 4.48. The summed E-state index contributed by atoms with van der Waals surface area (Å²) in [7, 11) is -2.71. The molecule has 0 unspecified atom stereocenters. The van der Waals surface area contributed by atoms with E-state index in [2.05, 4.69) is 4.72 Å². The number of methoxy groups -OCH3 is 1. The number of nitrogens with zero attached hydrogens (tertiary/aromatic N) is 1. The molecule has 9 heteroatoms. The Balaban J connectivity index is 1.94. The summed E-state index contributed by atoms with van der Waals surface area (Å²) in [4.78, 5) is 27.3. The molecule has 0 radical (unpaired) electrons. The topological polar surface area (TPSA) is 92.8 Å². The highest BCUT2D eigenvalue weighted by molar-refractivity contribution is 7.91. The number of carbonyl (C=O) groups is 2. The van der Waals surface area contributed by atoms with Gasteiger partial charge in [0.2, 0.25) is 5.91 Å². The van der Waals surface area contributed by atoms with Crippen LogP contribution in [0.15, 0.2) is 46.2 Å². The summed E-state index contributed by atoms with van der Waals surface area (Å²) in [6.45, 7) is 4.33. The predicted molar refractivity (Wildman–Crippen MR) is 115 cm³/mol.